The van der Waals surface area contributed by atoms with E-state index in [9.17, 15) is 22.8 Å². The Bertz CT molecular complexity index is 991. The van der Waals surface area contributed by atoms with Gasteiger partial charge in [-0.1, -0.05) is 29.8 Å². The summed E-state index contributed by atoms with van der Waals surface area (Å²) in [4.78, 5) is 32.2. The van der Waals surface area contributed by atoms with Crippen LogP contribution in [0, 0.1) is 0 Å². The van der Waals surface area contributed by atoms with E-state index in [2.05, 4.69) is 4.98 Å². The Morgan fingerprint density at radius 2 is 1.87 bits per heavy atom. The van der Waals surface area contributed by atoms with Crippen LogP contribution < -0.4 is 4.90 Å². The summed E-state index contributed by atoms with van der Waals surface area (Å²) in [5.41, 5.74) is 0.324. The molecule has 1 unspecified atom stereocenters. The highest BCUT2D eigenvalue weighted by molar-refractivity contribution is 6.33. The molecule has 2 aromatic rings. The number of piperazine rings is 1. The summed E-state index contributed by atoms with van der Waals surface area (Å²) in [5.74, 6) is -0.562. The van der Waals surface area contributed by atoms with E-state index >= 15 is 0 Å². The number of carbonyl (C=O) groups is 2. The van der Waals surface area contributed by atoms with Crippen LogP contribution in [0.2, 0.25) is 5.02 Å². The molecule has 3 heterocycles. The second kappa shape index (κ2) is 7.79. The minimum Gasteiger partial charge on any atom is -0.448 e. The van der Waals surface area contributed by atoms with Gasteiger partial charge in [-0.05, 0) is 17.7 Å². The first-order valence-electron chi connectivity index (χ1n) is 9.29. The van der Waals surface area contributed by atoms with Gasteiger partial charge in [-0.3, -0.25) is 4.79 Å². The Morgan fingerprint density at radius 1 is 1.17 bits per heavy atom. The Balaban J connectivity index is 1.40. The summed E-state index contributed by atoms with van der Waals surface area (Å²) in [5, 5.41) is -0.0950. The first-order chi connectivity index (χ1) is 14.2. The van der Waals surface area contributed by atoms with Crippen molar-refractivity contribution < 1.29 is 27.5 Å². The average Bonchev–Trinajstić information content (AvgIpc) is 2.72. The predicted molar refractivity (Wildman–Crippen MR) is 102 cm³/mol. The number of fused-ring (bicyclic) bond motifs is 1. The number of hydrogen-bond acceptors (Lipinski definition) is 5. The lowest BCUT2D eigenvalue weighted by Crippen LogP contribution is -2.53. The van der Waals surface area contributed by atoms with Crippen molar-refractivity contribution in [1.29, 1.82) is 0 Å². The Morgan fingerprint density at radius 3 is 2.53 bits per heavy atom. The van der Waals surface area contributed by atoms with E-state index < -0.39 is 23.8 Å². The van der Waals surface area contributed by atoms with Crippen LogP contribution in [0.3, 0.4) is 0 Å². The molecule has 1 atom stereocenters. The van der Waals surface area contributed by atoms with Crippen LogP contribution in [-0.2, 0) is 22.1 Å². The zero-order valence-corrected chi connectivity index (χ0v) is 16.4. The molecule has 2 aliphatic heterocycles. The predicted octanol–water partition coefficient (Wildman–Crippen LogP) is 3.18. The molecule has 158 valence electrons. The number of halogens is 4. The van der Waals surface area contributed by atoms with E-state index in [1.165, 1.54) is 0 Å². The molecule has 0 radical (unpaired) electrons. The maximum Gasteiger partial charge on any atom is 0.417 e. The number of cyclic esters (lactones) is 1. The van der Waals surface area contributed by atoms with Crippen molar-refractivity contribution in [2.24, 2.45) is 0 Å². The van der Waals surface area contributed by atoms with Crippen LogP contribution >= 0.6 is 11.6 Å². The minimum atomic E-state index is -4.52. The van der Waals surface area contributed by atoms with E-state index in [4.69, 9.17) is 16.3 Å². The van der Waals surface area contributed by atoms with E-state index in [1.807, 2.05) is 0 Å². The lowest BCUT2D eigenvalue weighted by Gasteiger charge is -2.37. The van der Waals surface area contributed by atoms with Crippen LogP contribution in [0.1, 0.15) is 21.5 Å². The lowest BCUT2D eigenvalue weighted by molar-refractivity contribution is -0.141. The summed E-state index contributed by atoms with van der Waals surface area (Å²) < 4.78 is 43.7. The summed E-state index contributed by atoms with van der Waals surface area (Å²) in [6.45, 7) is 1.32. The number of nitrogens with zero attached hydrogens (tertiary/aromatic N) is 3. The third kappa shape index (κ3) is 3.94. The van der Waals surface area contributed by atoms with Crippen molar-refractivity contribution >= 4 is 29.3 Å². The number of hydrogen-bond donors (Lipinski definition) is 0. The highest BCUT2D eigenvalue weighted by Gasteiger charge is 2.36. The van der Waals surface area contributed by atoms with Crippen LogP contribution in [0.25, 0.3) is 0 Å². The second-order valence-corrected chi connectivity index (χ2v) is 7.50. The third-order valence-electron chi connectivity index (χ3n) is 5.21. The summed E-state index contributed by atoms with van der Waals surface area (Å²) in [6.07, 6.45) is -4.34. The van der Waals surface area contributed by atoms with Gasteiger partial charge in [-0.25, -0.2) is 9.78 Å². The molecule has 0 bridgehead atoms. The largest absolute Gasteiger partial charge is 0.448 e. The molecule has 0 saturated carbocycles. The fraction of sp³-hybridized carbons (Fsp3) is 0.350. The third-order valence-corrected chi connectivity index (χ3v) is 5.49. The molecule has 1 fully saturated rings. The second-order valence-electron chi connectivity index (χ2n) is 7.09. The molecule has 6 nitrogen and oxygen atoms in total. The van der Waals surface area contributed by atoms with Crippen molar-refractivity contribution in [3.8, 4) is 0 Å². The van der Waals surface area contributed by atoms with Gasteiger partial charge >= 0.3 is 12.1 Å². The van der Waals surface area contributed by atoms with Crippen molar-refractivity contribution in [2.75, 3.05) is 31.1 Å². The number of carbonyl (C=O) groups excluding carboxylic acids is 2. The number of aromatic nitrogens is 1. The van der Waals surface area contributed by atoms with Gasteiger partial charge in [0.05, 0.1) is 16.1 Å². The summed E-state index contributed by atoms with van der Waals surface area (Å²) in [7, 11) is 0. The minimum absolute atomic E-state index is 0.0950. The molecule has 0 aliphatic carbocycles. The highest BCUT2D eigenvalue weighted by atomic mass is 35.5. The van der Waals surface area contributed by atoms with Gasteiger partial charge in [0.2, 0.25) is 0 Å². The Hall–Kier alpha value is -2.81. The van der Waals surface area contributed by atoms with E-state index in [0.717, 1.165) is 17.8 Å². The molecule has 0 N–H and O–H groups in total. The number of benzene rings is 1. The molecule has 30 heavy (non-hydrogen) atoms. The number of anilines is 1. The highest BCUT2D eigenvalue weighted by Crippen LogP contribution is 2.33. The number of amides is 1. The van der Waals surface area contributed by atoms with Gasteiger partial charge in [0, 0.05) is 38.8 Å². The molecular weight excluding hydrogens is 423 g/mol. The number of ether oxygens (including phenoxy) is 1. The van der Waals surface area contributed by atoms with Gasteiger partial charge in [0.25, 0.3) is 5.91 Å². The zero-order chi connectivity index (χ0) is 21.5. The van der Waals surface area contributed by atoms with E-state index in [1.54, 1.807) is 34.1 Å². The van der Waals surface area contributed by atoms with Crippen molar-refractivity contribution in [3.05, 3.63) is 58.2 Å². The first-order valence-corrected chi connectivity index (χ1v) is 9.67. The van der Waals surface area contributed by atoms with Crippen LogP contribution in [-0.4, -0.2) is 54.0 Å². The number of rotatable bonds is 2. The summed E-state index contributed by atoms with van der Waals surface area (Å²) in [6, 6.07) is 7.85. The smallest absolute Gasteiger partial charge is 0.417 e. The van der Waals surface area contributed by atoms with Crippen molar-refractivity contribution in [1.82, 2.24) is 9.88 Å². The van der Waals surface area contributed by atoms with E-state index in [-0.39, 0.29) is 16.7 Å². The molecule has 1 saturated heterocycles. The standard InChI is InChI=1S/C20H17ClF3N3O3/c21-15-10-13(20(22,23)24)11-25-17(15)26-5-7-27(8-6-26)18(28)16-9-12-3-1-2-4-14(12)19(29)30-16/h1-4,10-11,16H,5-9H2. The number of alkyl halides is 3. The van der Waals surface area contributed by atoms with Gasteiger partial charge in [0.1, 0.15) is 5.82 Å². The van der Waals surface area contributed by atoms with Crippen molar-refractivity contribution in [2.45, 2.75) is 18.7 Å². The SMILES string of the molecule is O=C1OC(C(=O)N2CCN(c3ncc(C(F)(F)F)cc3Cl)CC2)Cc2ccccc21. The van der Waals surface area contributed by atoms with Gasteiger partial charge in [0.15, 0.2) is 6.10 Å². The first kappa shape index (κ1) is 20.5. The number of pyridine rings is 1. The molecule has 1 aromatic heterocycles. The molecule has 2 aliphatic rings. The zero-order valence-electron chi connectivity index (χ0n) is 15.7. The molecule has 4 rings (SSSR count). The molecular formula is C20H17ClF3N3O3. The van der Waals surface area contributed by atoms with Crippen LogP contribution in [0.15, 0.2) is 36.5 Å². The molecule has 1 amide bonds. The van der Waals surface area contributed by atoms with Crippen molar-refractivity contribution in [3.63, 3.8) is 0 Å². The maximum atomic E-state index is 12.8. The lowest BCUT2D eigenvalue weighted by atomic mass is 9.98. The quantitative estimate of drug-likeness (QED) is 0.673. The maximum absolute atomic E-state index is 12.8. The van der Waals surface area contributed by atoms with Gasteiger partial charge in [-0.2, -0.15) is 13.2 Å². The molecule has 0 spiro atoms. The normalized spacial score (nSPS) is 19.3. The fourth-order valence-corrected chi connectivity index (χ4v) is 3.92. The van der Waals surface area contributed by atoms with E-state index in [0.29, 0.717) is 38.2 Å². The number of esters is 1. The van der Waals surface area contributed by atoms with Gasteiger partial charge in [-0.15, -0.1) is 0 Å². The monoisotopic (exact) mass is 439 g/mol. The topological polar surface area (TPSA) is 62.7 Å². The fourth-order valence-electron chi connectivity index (χ4n) is 3.63. The Kier molecular flexibility index (Phi) is 5.31. The summed E-state index contributed by atoms with van der Waals surface area (Å²) >= 11 is 6.01. The van der Waals surface area contributed by atoms with Gasteiger partial charge < -0.3 is 14.5 Å². The van der Waals surface area contributed by atoms with Crippen LogP contribution in [0.5, 0.6) is 0 Å². The Labute approximate surface area is 175 Å². The molecule has 10 heteroatoms. The average molecular weight is 440 g/mol. The van der Waals surface area contributed by atoms with Crippen LogP contribution in [0.4, 0.5) is 19.0 Å². The molecule has 1 aromatic carbocycles.